The van der Waals surface area contributed by atoms with E-state index >= 15 is 0 Å². The van der Waals surface area contributed by atoms with Crippen molar-refractivity contribution in [2.24, 2.45) is 0 Å². The van der Waals surface area contributed by atoms with Gasteiger partial charge in [-0.2, -0.15) is 0 Å². The number of hydrogen-bond donors (Lipinski definition) is 1. The Morgan fingerprint density at radius 3 is 2.62 bits per heavy atom. The second-order valence-electron chi connectivity index (χ2n) is 5.78. The fourth-order valence-corrected chi connectivity index (χ4v) is 3.83. The molecule has 1 aliphatic heterocycles. The molecule has 0 unspecified atom stereocenters. The van der Waals surface area contributed by atoms with Crippen molar-refractivity contribution >= 4 is 15.9 Å². The van der Waals surface area contributed by atoms with Gasteiger partial charge in [0.05, 0.1) is 12.6 Å². The van der Waals surface area contributed by atoms with Crippen LogP contribution in [0.2, 0.25) is 0 Å². The smallest absolute Gasteiger partial charge is 0.271 e. The largest absolute Gasteiger partial charge is 0.395 e. The van der Waals surface area contributed by atoms with Crippen LogP contribution in [0.15, 0.2) is 22.7 Å². The molecule has 6 heteroatoms. The molecule has 3 nitrogen and oxygen atoms in total. The number of aliphatic hydroxyl groups is 1. The average Bonchev–Trinajstić information content (AvgIpc) is 2.69. The van der Waals surface area contributed by atoms with Crippen molar-refractivity contribution < 1.29 is 13.9 Å². The number of aliphatic hydroxyl groups excluding tert-OH is 1. The number of rotatable bonds is 3. The molecule has 0 spiro atoms. The zero-order chi connectivity index (χ0) is 15.0. The molecule has 0 bridgehead atoms. The van der Waals surface area contributed by atoms with E-state index < -0.39 is 12.0 Å². The maximum absolute atomic E-state index is 14.5. The minimum Gasteiger partial charge on any atom is -0.395 e. The number of benzene rings is 1. The van der Waals surface area contributed by atoms with Crippen LogP contribution in [0.4, 0.5) is 8.78 Å². The Balaban J connectivity index is 1.79. The van der Waals surface area contributed by atoms with Crippen molar-refractivity contribution in [1.82, 2.24) is 9.80 Å². The average molecular weight is 361 g/mol. The van der Waals surface area contributed by atoms with E-state index in [1.165, 1.54) is 0 Å². The number of piperazine rings is 1. The lowest BCUT2D eigenvalue weighted by atomic mass is 10.0. The SMILES string of the molecule is OCCN1CCN([C@@H]2c3ccc(Br)cc3CC2(F)F)CC1. The van der Waals surface area contributed by atoms with Gasteiger partial charge in [-0.25, -0.2) is 8.78 Å². The van der Waals surface area contributed by atoms with E-state index in [9.17, 15) is 8.78 Å². The lowest BCUT2D eigenvalue weighted by molar-refractivity contribution is -0.0821. The fraction of sp³-hybridized carbons (Fsp3) is 0.600. The van der Waals surface area contributed by atoms with Gasteiger partial charge in [-0.05, 0) is 23.3 Å². The van der Waals surface area contributed by atoms with Crippen molar-refractivity contribution in [3.8, 4) is 0 Å². The molecule has 1 heterocycles. The standard InChI is InChI=1S/C15H19BrF2N2O/c16-12-1-2-13-11(9-12)10-15(17,18)14(13)20-5-3-19(4-6-20)7-8-21/h1-2,9,14,21H,3-8,10H2/t14-/m1/s1. The van der Waals surface area contributed by atoms with Crippen LogP contribution in [0.3, 0.4) is 0 Å². The third-order valence-corrected chi connectivity index (χ3v) is 4.91. The predicted octanol–water partition coefficient (Wildman–Crippen LogP) is 2.29. The quantitative estimate of drug-likeness (QED) is 0.895. The Morgan fingerprint density at radius 2 is 1.95 bits per heavy atom. The molecule has 1 saturated heterocycles. The van der Waals surface area contributed by atoms with Crippen molar-refractivity contribution in [1.29, 1.82) is 0 Å². The van der Waals surface area contributed by atoms with E-state index in [4.69, 9.17) is 5.11 Å². The van der Waals surface area contributed by atoms with Crippen LogP contribution in [0, 0.1) is 0 Å². The number of hydrogen-bond acceptors (Lipinski definition) is 3. The van der Waals surface area contributed by atoms with Crippen molar-refractivity contribution in [2.75, 3.05) is 39.3 Å². The highest BCUT2D eigenvalue weighted by Crippen LogP contribution is 2.47. The third kappa shape index (κ3) is 2.99. The summed E-state index contributed by atoms with van der Waals surface area (Å²) in [6.45, 7) is 3.46. The Kier molecular flexibility index (Phi) is 4.32. The second-order valence-corrected chi connectivity index (χ2v) is 6.70. The predicted molar refractivity (Wildman–Crippen MR) is 80.6 cm³/mol. The van der Waals surface area contributed by atoms with Crippen LogP contribution in [0.1, 0.15) is 17.2 Å². The molecule has 116 valence electrons. The van der Waals surface area contributed by atoms with E-state index in [-0.39, 0.29) is 13.0 Å². The van der Waals surface area contributed by atoms with Gasteiger partial charge < -0.3 is 5.11 Å². The van der Waals surface area contributed by atoms with E-state index in [1.54, 1.807) is 0 Å². The number of β-amino-alcohol motifs (C(OH)–C–C–N with tert-alkyl or cyclic N) is 1. The van der Waals surface area contributed by atoms with Gasteiger partial charge >= 0.3 is 0 Å². The first-order chi connectivity index (χ1) is 10.0. The number of nitrogens with zero attached hydrogens (tertiary/aromatic N) is 2. The van der Waals surface area contributed by atoms with Gasteiger partial charge in [-0.15, -0.1) is 0 Å². The summed E-state index contributed by atoms with van der Waals surface area (Å²) < 4.78 is 29.8. The van der Waals surface area contributed by atoms with Gasteiger partial charge in [0.15, 0.2) is 0 Å². The summed E-state index contributed by atoms with van der Waals surface area (Å²) >= 11 is 3.35. The van der Waals surface area contributed by atoms with Gasteiger partial charge in [0, 0.05) is 43.6 Å². The van der Waals surface area contributed by atoms with Crippen LogP contribution in [0.25, 0.3) is 0 Å². The summed E-state index contributed by atoms with van der Waals surface area (Å²) in [6, 6.07) is 4.67. The normalized spacial score (nSPS) is 26.0. The number of halogens is 3. The molecule has 1 atom stereocenters. The number of fused-ring (bicyclic) bond motifs is 1. The van der Waals surface area contributed by atoms with Gasteiger partial charge in [0.1, 0.15) is 0 Å². The first-order valence-corrected chi connectivity index (χ1v) is 8.04. The maximum atomic E-state index is 14.5. The highest BCUT2D eigenvalue weighted by molar-refractivity contribution is 9.10. The highest BCUT2D eigenvalue weighted by Gasteiger charge is 2.50. The summed E-state index contributed by atoms with van der Waals surface area (Å²) in [6.07, 6.45) is -0.177. The van der Waals surface area contributed by atoms with Crippen LogP contribution < -0.4 is 0 Å². The molecule has 2 aliphatic rings. The topological polar surface area (TPSA) is 26.7 Å². The summed E-state index contributed by atoms with van der Waals surface area (Å²) in [5, 5.41) is 8.96. The van der Waals surface area contributed by atoms with Gasteiger partial charge in [-0.3, -0.25) is 9.80 Å². The molecule has 1 N–H and O–H groups in total. The summed E-state index contributed by atoms with van der Waals surface area (Å²) in [4.78, 5) is 4.01. The molecule has 1 fully saturated rings. The lowest BCUT2D eigenvalue weighted by Gasteiger charge is -2.39. The van der Waals surface area contributed by atoms with Gasteiger partial charge in [0.25, 0.3) is 5.92 Å². The second kappa shape index (κ2) is 5.91. The van der Waals surface area contributed by atoms with Gasteiger partial charge in [-0.1, -0.05) is 22.0 Å². The Bertz CT molecular complexity index is 518. The van der Waals surface area contributed by atoms with E-state index in [1.807, 2.05) is 23.1 Å². The molecule has 0 saturated carbocycles. The van der Waals surface area contributed by atoms with E-state index in [2.05, 4.69) is 20.8 Å². The molecule has 1 aliphatic carbocycles. The fourth-order valence-electron chi connectivity index (χ4n) is 3.42. The zero-order valence-corrected chi connectivity index (χ0v) is 13.3. The first kappa shape index (κ1) is 15.3. The van der Waals surface area contributed by atoms with Crippen LogP contribution >= 0.6 is 15.9 Å². The first-order valence-electron chi connectivity index (χ1n) is 7.25. The van der Waals surface area contributed by atoms with Crippen LogP contribution in [0.5, 0.6) is 0 Å². The highest BCUT2D eigenvalue weighted by atomic mass is 79.9. The lowest BCUT2D eigenvalue weighted by Crippen LogP contribution is -2.51. The maximum Gasteiger partial charge on any atom is 0.271 e. The van der Waals surface area contributed by atoms with Crippen molar-refractivity contribution in [2.45, 2.75) is 18.4 Å². The summed E-state index contributed by atoms with van der Waals surface area (Å²) in [5.74, 6) is -2.71. The summed E-state index contributed by atoms with van der Waals surface area (Å²) in [7, 11) is 0. The molecular formula is C15H19BrF2N2O. The zero-order valence-electron chi connectivity index (χ0n) is 11.7. The van der Waals surface area contributed by atoms with Crippen molar-refractivity contribution in [3.05, 3.63) is 33.8 Å². The van der Waals surface area contributed by atoms with Crippen LogP contribution in [-0.4, -0.2) is 60.2 Å². The molecular weight excluding hydrogens is 342 g/mol. The molecule has 0 aromatic heterocycles. The molecule has 0 radical (unpaired) electrons. The monoisotopic (exact) mass is 360 g/mol. The third-order valence-electron chi connectivity index (χ3n) is 4.41. The van der Waals surface area contributed by atoms with Crippen LogP contribution in [-0.2, 0) is 6.42 Å². The molecule has 21 heavy (non-hydrogen) atoms. The minimum atomic E-state index is -2.71. The Morgan fingerprint density at radius 1 is 1.24 bits per heavy atom. The van der Waals surface area contributed by atoms with E-state index in [0.29, 0.717) is 19.6 Å². The van der Waals surface area contributed by atoms with E-state index in [0.717, 1.165) is 28.7 Å². The number of alkyl halides is 2. The Labute approximate surface area is 131 Å². The molecule has 1 aromatic rings. The Hall–Kier alpha value is -0.560. The summed E-state index contributed by atoms with van der Waals surface area (Å²) in [5.41, 5.74) is 1.51. The van der Waals surface area contributed by atoms with Crippen molar-refractivity contribution in [3.63, 3.8) is 0 Å². The molecule has 3 rings (SSSR count). The minimum absolute atomic E-state index is 0.121. The van der Waals surface area contributed by atoms with Gasteiger partial charge in [0.2, 0.25) is 0 Å². The molecule has 0 amide bonds. The molecule has 1 aromatic carbocycles.